The van der Waals surface area contributed by atoms with E-state index in [9.17, 15) is 5.26 Å². The Bertz CT molecular complexity index is 824. The average molecular weight is 432 g/mol. The molecule has 0 N–H and O–H groups in total. The lowest BCUT2D eigenvalue weighted by Gasteiger charge is -2.34. The van der Waals surface area contributed by atoms with Gasteiger partial charge in [0.1, 0.15) is 5.82 Å². The highest BCUT2D eigenvalue weighted by Gasteiger charge is 2.36. The summed E-state index contributed by atoms with van der Waals surface area (Å²) in [7, 11) is 0. The Balaban J connectivity index is 1.51. The lowest BCUT2D eigenvalue weighted by Crippen LogP contribution is -2.26. The molecule has 1 aromatic heterocycles. The van der Waals surface area contributed by atoms with E-state index in [1.807, 2.05) is 12.4 Å². The summed E-state index contributed by atoms with van der Waals surface area (Å²) in [4.78, 5) is 9.47. The molecule has 3 nitrogen and oxygen atoms in total. The van der Waals surface area contributed by atoms with Crippen molar-refractivity contribution in [1.82, 2.24) is 9.97 Å². The Morgan fingerprint density at radius 2 is 1.47 bits per heavy atom. The number of aryl methyl sites for hydroxylation is 1. The van der Waals surface area contributed by atoms with Crippen LogP contribution in [-0.2, 0) is 6.42 Å². The minimum Gasteiger partial charge on any atom is -0.240 e. The Morgan fingerprint density at radius 3 is 2.09 bits per heavy atom. The van der Waals surface area contributed by atoms with Crippen LogP contribution in [0.15, 0.2) is 36.7 Å². The molecule has 1 fully saturated rings. The van der Waals surface area contributed by atoms with Crippen LogP contribution < -0.4 is 0 Å². The molecule has 1 aliphatic rings. The van der Waals surface area contributed by atoms with Crippen LogP contribution in [0.4, 0.5) is 0 Å². The monoisotopic (exact) mass is 431 g/mol. The van der Waals surface area contributed by atoms with Gasteiger partial charge in [-0.25, -0.2) is 9.97 Å². The molecule has 2 aromatic rings. The standard InChI is InChI=1S/C29H41N3/c1-3-5-7-8-9-11-24-12-14-25(15-13-24)27-21-31-28(32-22-27)26-16-19-29(23-30,20-17-26)18-10-6-4-2/h12-15,21-22,26H,3-11,16-20H2,1-2H3/t26-,29-. The van der Waals surface area contributed by atoms with Gasteiger partial charge >= 0.3 is 0 Å². The van der Waals surface area contributed by atoms with E-state index in [-0.39, 0.29) is 5.41 Å². The zero-order valence-electron chi connectivity index (χ0n) is 20.3. The molecule has 0 radical (unpaired) electrons. The third-order valence-corrected chi connectivity index (χ3v) is 7.33. The van der Waals surface area contributed by atoms with Crippen LogP contribution in [0.2, 0.25) is 0 Å². The largest absolute Gasteiger partial charge is 0.240 e. The topological polar surface area (TPSA) is 49.6 Å². The van der Waals surface area contributed by atoms with Crippen LogP contribution in [0, 0.1) is 16.7 Å². The van der Waals surface area contributed by atoms with E-state index in [0.717, 1.165) is 43.5 Å². The number of aromatic nitrogens is 2. The minimum atomic E-state index is -0.108. The number of hydrogen-bond donors (Lipinski definition) is 0. The maximum absolute atomic E-state index is 9.78. The Kier molecular flexibility index (Phi) is 9.72. The highest BCUT2D eigenvalue weighted by Crippen LogP contribution is 2.45. The van der Waals surface area contributed by atoms with Gasteiger partial charge in [-0.1, -0.05) is 83.1 Å². The fourth-order valence-electron chi connectivity index (χ4n) is 5.05. The molecule has 0 bridgehead atoms. The number of unbranched alkanes of at least 4 members (excludes halogenated alkanes) is 6. The molecule has 0 amide bonds. The molecule has 32 heavy (non-hydrogen) atoms. The molecule has 0 unspecified atom stereocenters. The normalized spacial score (nSPS) is 20.7. The first-order chi connectivity index (χ1) is 15.7. The molecule has 1 saturated carbocycles. The second-order valence-corrected chi connectivity index (χ2v) is 9.81. The van der Waals surface area contributed by atoms with Crippen molar-refractivity contribution >= 4 is 0 Å². The Morgan fingerprint density at radius 1 is 0.844 bits per heavy atom. The van der Waals surface area contributed by atoms with Gasteiger partial charge in [-0.2, -0.15) is 5.26 Å². The summed E-state index contributed by atoms with van der Waals surface area (Å²) >= 11 is 0. The SMILES string of the molecule is CCCCCCCc1ccc(-c2cnc([C@H]3CC[C@@](C#N)(CCCCC)CC3)nc2)cc1. The molecule has 0 spiro atoms. The summed E-state index contributed by atoms with van der Waals surface area (Å²) in [6.45, 7) is 4.49. The van der Waals surface area contributed by atoms with E-state index >= 15 is 0 Å². The molecule has 3 heteroatoms. The van der Waals surface area contributed by atoms with Crippen molar-refractivity contribution in [2.45, 2.75) is 110 Å². The fourth-order valence-corrected chi connectivity index (χ4v) is 5.05. The van der Waals surface area contributed by atoms with Crippen LogP contribution in [0.1, 0.15) is 115 Å². The van der Waals surface area contributed by atoms with Gasteiger partial charge in [0.25, 0.3) is 0 Å². The van der Waals surface area contributed by atoms with Crippen LogP contribution >= 0.6 is 0 Å². The number of nitriles is 1. The van der Waals surface area contributed by atoms with Gasteiger partial charge in [-0.05, 0) is 56.1 Å². The van der Waals surface area contributed by atoms with Gasteiger partial charge in [-0.3, -0.25) is 0 Å². The smallest absolute Gasteiger partial charge is 0.131 e. The maximum atomic E-state index is 9.78. The second kappa shape index (κ2) is 12.7. The molecule has 0 saturated heterocycles. The van der Waals surface area contributed by atoms with Crippen molar-refractivity contribution in [3.05, 3.63) is 48.0 Å². The summed E-state index contributed by atoms with van der Waals surface area (Å²) < 4.78 is 0. The average Bonchev–Trinajstić information content (AvgIpc) is 2.85. The molecule has 0 atom stereocenters. The molecule has 0 aliphatic heterocycles. The van der Waals surface area contributed by atoms with Crippen molar-refractivity contribution < 1.29 is 0 Å². The van der Waals surface area contributed by atoms with Crippen molar-refractivity contribution in [2.75, 3.05) is 0 Å². The summed E-state index contributed by atoms with van der Waals surface area (Å²) in [6.07, 6.45) is 20.5. The Labute approximate surface area is 195 Å². The molecular weight excluding hydrogens is 390 g/mol. The quantitative estimate of drug-likeness (QED) is 0.317. The van der Waals surface area contributed by atoms with Gasteiger partial charge in [0.2, 0.25) is 0 Å². The van der Waals surface area contributed by atoms with E-state index in [1.54, 1.807) is 0 Å². The summed E-state index contributed by atoms with van der Waals surface area (Å²) in [5.74, 6) is 1.35. The number of nitrogens with zero attached hydrogens (tertiary/aromatic N) is 3. The number of rotatable bonds is 12. The van der Waals surface area contributed by atoms with E-state index in [4.69, 9.17) is 9.97 Å². The molecular formula is C29H41N3. The highest BCUT2D eigenvalue weighted by atomic mass is 14.9. The van der Waals surface area contributed by atoms with E-state index in [1.165, 1.54) is 68.9 Å². The van der Waals surface area contributed by atoms with Gasteiger partial charge in [-0.15, -0.1) is 0 Å². The van der Waals surface area contributed by atoms with Crippen LogP contribution in [0.3, 0.4) is 0 Å². The number of benzene rings is 1. The highest BCUT2D eigenvalue weighted by molar-refractivity contribution is 5.61. The maximum Gasteiger partial charge on any atom is 0.131 e. The van der Waals surface area contributed by atoms with E-state index in [0.29, 0.717) is 5.92 Å². The van der Waals surface area contributed by atoms with Crippen molar-refractivity contribution in [3.8, 4) is 17.2 Å². The molecule has 172 valence electrons. The zero-order valence-corrected chi connectivity index (χ0v) is 20.3. The van der Waals surface area contributed by atoms with Gasteiger partial charge in [0, 0.05) is 23.9 Å². The summed E-state index contributed by atoms with van der Waals surface area (Å²) in [5.41, 5.74) is 3.59. The van der Waals surface area contributed by atoms with Gasteiger partial charge in [0.05, 0.1) is 11.5 Å². The zero-order chi connectivity index (χ0) is 22.7. The van der Waals surface area contributed by atoms with Crippen molar-refractivity contribution in [3.63, 3.8) is 0 Å². The van der Waals surface area contributed by atoms with Crippen LogP contribution in [-0.4, -0.2) is 9.97 Å². The third kappa shape index (κ3) is 6.89. The Hall–Kier alpha value is -2.21. The molecule has 3 rings (SSSR count). The first-order valence-electron chi connectivity index (χ1n) is 13.0. The molecule has 1 aromatic carbocycles. The summed E-state index contributed by atoms with van der Waals surface area (Å²) in [5, 5.41) is 9.78. The van der Waals surface area contributed by atoms with Crippen molar-refractivity contribution in [1.29, 1.82) is 5.26 Å². The summed E-state index contributed by atoms with van der Waals surface area (Å²) in [6, 6.07) is 11.6. The van der Waals surface area contributed by atoms with Crippen molar-refractivity contribution in [2.24, 2.45) is 5.41 Å². The first-order valence-corrected chi connectivity index (χ1v) is 13.0. The van der Waals surface area contributed by atoms with Gasteiger partial charge < -0.3 is 0 Å². The second-order valence-electron chi connectivity index (χ2n) is 9.81. The van der Waals surface area contributed by atoms with Gasteiger partial charge in [0.15, 0.2) is 0 Å². The fraction of sp³-hybridized carbons (Fsp3) is 0.621. The predicted molar refractivity (Wildman–Crippen MR) is 133 cm³/mol. The van der Waals surface area contributed by atoms with Crippen LogP contribution in [0.5, 0.6) is 0 Å². The lowest BCUT2D eigenvalue weighted by molar-refractivity contribution is 0.220. The first kappa shape index (κ1) is 24.4. The van der Waals surface area contributed by atoms with E-state index < -0.39 is 0 Å². The van der Waals surface area contributed by atoms with E-state index in [2.05, 4.69) is 44.2 Å². The minimum absolute atomic E-state index is 0.108. The molecule has 1 aliphatic carbocycles. The van der Waals surface area contributed by atoms with Crippen LogP contribution in [0.25, 0.3) is 11.1 Å². The third-order valence-electron chi connectivity index (χ3n) is 7.33. The molecule has 1 heterocycles. The lowest BCUT2D eigenvalue weighted by atomic mass is 9.68. The predicted octanol–water partition coefficient (Wildman–Crippen LogP) is 8.40. The number of hydrogen-bond acceptors (Lipinski definition) is 3.